The second kappa shape index (κ2) is 5.70. The summed E-state index contributed by atoms with van der Waals surface area (Å²) in [6, 6.07) is 10.1. The summed E-state index contributed by atoms with van der Waals surface area (Å²) < 4.78 is 0. The minimum atomic E-state index is 0.283. The molecular formula is C11H16N2S. The Morgan fingerprint density at radius 2 is 2.07 bits per heavy atom. The average Bonchev–Trinajstić information content (AvgIpc) is 2.19. The van der Waals surface area contributed by atoms with E-state index in [0.717, 1.165) is 11.3 Å². The van der Waals surface area contributed by atoms with Crippen LogP contribution in [0.15, 0.2) is 35.3 Å². The van der Waals surface area contributed by atoms with E-state index in [1.807, 2.05) is 30.3 Å². The van der Waals surface area contributed by atoms with Gasteiger partial charge in [0.1, 0.15) is 5.84 Å². The monoisotopic (exact) mass is 208 g/mol. The smallest absolute Gasteiger partial charge is 0.125 e. The second-order valence-electron chi connectivity index (χ2n) is 3.18. The highest BCUT2D eigenvalue weighted by Gasteiger charge is 2.00. The molecule has 1 atom stereocenters. The second-order valence-corrected chi connectivity index (χ2v) is 4.10. The lowest BCUT2D eigenvalue weighted by Gasteiger charge is -2.06. The van der Waals surface area contributed by atoms with Crippen molar-refractivity contribution in [3.8, 4) is 0 Å². The molecule has 1 aromatic carbocycles. The fraction of sp³-hybridized carbons (Fsp3) is 0.364. The van der Waals surface area contributed by atoms with Gasteiger partial charge in [0.05, 0.1) is 6.04 Å². The molecule has 0 radical (unpaired) electrons. The zero-order chi connectivity index (χ0) is 10.4. The summed E-state index contributed by atoms with van der Waals surface area (Å²) in [4.78, 5) is 4.41. The normalized spacial score (nSPS) is 14.0. The molecule has 0 spiro atoms. The zero-order valence-corrected chi connectivity index (χ0v) is 9.42. The summed E-state index contributed by atoms with van der Waals surface area (Å²) in [5.41, 5.74) is 6.87. The van der Waals surface area contributed by atoms with Crippen LogP contribution in [0.4, 0.5) is 0 Å². The highest BCUT2D eigenvalue weighted by Crippen LogP contribution is 2.03. The maximum atomic E-state index is 5.87. The van der Waals surface area contributed by atoms with Crippen molar-refractivity contribution in [1.29, 1.82) is 0 Å². The molecule has 0 bridgehead atoms. The Labute approximate surface area is 89.6 Å². The Hall–Kier alpha value is -0.960. The van der Waals surface area contributed by atoms with Crippen LogP contribution < -0.4 is 5.73 Å². The third-order valence-corrected chi connectivity index (χ3v) is 2.65. The van der Waals surface area contributed by atoms with Crippen LogP contribution in [0.5, 0.6) is 0 Å². The van der Waals surface area contributed by atoms with Gasteiger partial charge in [-0.3, -0.25) is 4.99 Å². The molecule has 2 nitrogen and oxygen atoms in total. The first-order valence-corrected chi connectivity index (χ1v) is 6.01. The van der Waals surface area contributed by atoms with Gasteiger partial charge in [0, 0.05) is 11.3 Å². The molecule has 0 saturated heterocycles. The van der Waals surface area contributed by atoms with Gasteiger partial charge in [-0.1, -0.05) is 30.3 Å². The maximum Gasteiger partial charge on any atom is 0.125 e. The molecule has 0 aromatic heterocycles. The molecule has 0 amide bonds. The summed E-state index contributed by atoms with van der Waals surface area (Å²) in [7, 11) is 0. The van der Waals surface area contributed by atoms with Crippen molar-refractivity contribution in [2.24, 2.45) is 10.7 Å². The molecule has 2 N–H and O–H groups in total. The van der Waals surface area contributed by atoms with Gasteiger partial charge in [-0.05, 0) is 13.2 Å². The fourth-order valence-electron chi connectivity index (χ4n) is 1.20. The quantitative estimate of drug-likeness (QED) is 0.608. The van der Waals surface area contributed by atoms with Crippen LogP contribution in [0.25, 0.3) is 0 Å². The molecule has 0 aliphatic heterocycles. The number of hydrogen-bond acceptors (Lipinski definition) is 2. The first-order chi connectivity index (χ1) is 6.74. The van der Waals surface area contributed by atoms with Gasteiger partial charge in [0.25, 0.3) is 0 Å². The maximum absolute atomic E-state index is 5.87. The number of rotatable bonds is 4. The third-order valence-electron chi connectivity index (χ3n) is 1.84. The Morgan fingerprint density at radius 3 is 2.64 bits per heavy atom. The summed E-state index contributed by atoms with van der Waals surface area (Å²) in [6.07, 6.45) is 2.07. The first kappa shape index (κ1) is 11.1. The highest BCUT2D eigenvalue weighted by atomic mass is 32.2. The van der Waals surface area contributed by atoms with E-state index in [1.165, 1.54) is 0 Å². The van der Waals surface area contributed by atoms with Gasteiger partial charge in [-0.25, -0.2) is 0 Å². The van der Waals surface area contributed by atoms with E-state index >= 15 is 0 Å². The largest absolute Gasteiger partial charge is 0.383 e. The molecule has 14 heavy (non-hydrogen) atoms. The van der Waals surface area contributed by atoms with E-state index in [1.54, 1.807) is 11.8 Å². The topological polar surface area (TPSA) is 38.4 Å². The Kier molecular flexibility index (Phi) is 4.53. The van der Waals surface area contributed by atoms with Gasteiger partial charge < -0.3 is 5.73 Å². The molecule has 0 fully saturated rings. The van der Waals surface area contributed by atoms with Crippen molar-refractivity contribution in [3.05, 3.63) is 35.9 Å². The van der Waals surface area contributed by atoms with Crippen LogP contribution in [0.3, 0.4) is 0 Å². The minimum absolute atomic E-state index is 0.283. The molecule has 1 rings (SSSR count). The molecular weight excluding hydrogens is 192 g/mol. The van der Waals surface area contributed by atoms with Crippen LogP contribution in [0.1, 0.15) is 12.5 Å². The predicted molar refractivity (Wildman–Crippen MR) is 65.0 cm³/mol. The van der Waals surface area contributed by atoms with E-state index in [9.17, 15) is 0 Å². The van der Waals surface area contributed by atoms with Crippen molar-refractivity contribution in [1.82, 2.24) is 0 Å². The van der Waals surface area contributed by atoms with Crippen molar-refractivity contribution in [2.45, 2.75) is 13.0 Å². The summed E-state index contributed by atoms with van der Waals surface area (Å²) in [5, 5.41) is 0. The molecule has 3 heteroatoms. The number of aliphatic imine (C=N–C) groups is 1. The minimum Gasteiger partial charge on any atom is -0.383 e. The van der Waals surface area contributed by atoms with Crippen LogP contribution in [0.2, 0.25) is 0 Å². The van der Waals surface area contributed by atoms with Gasteiger partial charge in [0.15, 0.2) is 0 Å². The molecule has 1 unspecified atom stereocenters. The molecule has 1 aromatic rings. The zero-order valence-electron chi connectivity index (χ0n) is 8.60. The number of nitrogens with zero attached hydrogens (tertiary/aromatic N) is 1. The highest BCUT2D eigenvalue weighted by molar-refractivity contribution is 7.98. The number of benzene rings is 1. The third kappa shape index (κ3) is 3.42. The summed E-state index contributed by atoms with van der Waals surface area (Å²) in [5.74, 6) is 1.64. The Bertz CT molecular complexity index is 295. The molecule has 76 valence electrons. The summed E-state index contributed by atoms with van der Waals surface area (Å²) >= 11 is 1.78. The lowest BCUT2D eigenvalue weighted by atomic mass is 10.2. The Morgan fingerprint density at radius 1 is 1.43 bits per heavy atom. The molecule has 0 aliphatic rings. The number of nitrogens with two attached hydrogens (primary N) is 1. The lowest BCUT2D eigenvalue weighted by molar-refractivity contribution is 0.848. The van der Waals surface area contributed by atoms with E-state index in [-0.39, 0.29) is 6.04 Å². The van der Waals surface area contributed by atoms with Crippen LogP contribution in [-0.2, 0) is 0 Å². The molecule has 0 heterocycles. The Balaban J connectivity index is 2.69. The van der Waals surface area contributed by atoms with E-state index in [2.05, 4.69) is 18.2 Å². The van der Waals surface area contributed by atoms with Crippen molar-refractivity contribution in [3.63, 3.8) is 0 Å². The molecule has 0 saturated carbocycles. The van der Waals surface area contributed by atoms with Gasteiger partial charge in [-0.2, -0.15) is 11.8 Å². The van der Waals surface area contributed by atoms with Crippen LogP contribution >= 0.6 is 11.8 Å². The van der Waals surface area contributed by atoms with Gasteiger partial charge in [-0.15, -0.1) is 0 Å². The standard InChI is InChI=1S/C11H16N2S/c1-9(8-14-2)13-11(12)10-6-4-3-5-7-10/h3-7,9H,8H2,1-2H3,(H2,12,13). The number of thioether (sulfide) groups is 1. The predicted octanol–water partition coefficient (Wildman–Crippen LogP) is 2.14. The first-order valence-electron chi connectivity index (χ1n) is 4.61. The van der Waals surface area contributed by atoms with Crippen molar-refractivity contribution in [2.75, 3.05) is 12.0 Å². The number of amidine groups is 1. The number of hydrogen-bond donors (Lipinski definition) is 1. The lowest BCUT2D eigenvalue weighted by Crippen LogP contribution is -2.17. The van der Waals surface area contributed by atoms with Crippen LogP contribution in [-0.4, -0.2) is 23.9 Å². The van der Waals surface area contributed by atoms with Crippen molar-refractivity contribution >= 4 is 17.6 Å². The van der Waals surface area contributed by atoms with Gasteiger partial charge in [0.2, 0.25) is 0 Å². The summed E-state index contributed by atoms with van der Waals surface area (Å²) in [6.45, 7) is 2.08. The fourth-order valence-corrected chi connectivity index (χ4v) is 1.76. The van der Waals surface area contributed by atoms with Crippen molar-refractivity contribution < 1.29 is 0 Å². The SMILES string of the molecule is CSCC(C)N=C(N)c1ccccc1. The van der Waals surface area contributed by atoms with E-state index < -0.39 is 0 Å². The van der Waals surface area contributed by atoms with Crippen LogP contribution in [0, 0.1) is 0 Å². The van der Waals surface area contributed by atoms with E-state index in [4.69, 9.17) is 5.73 Å². The average molecular weight is 208 g/mol. The van der Waals surface area contributed by atoms with E-state index in [0.29, 0.717) is 5.84 Å². The molecule has 0 aliphatic carbocycles. The van der Waals surface area contributed by atoms with Gasteiger partial charge >= 0.3 is 0 Å².